The Balaban J connectivity index is 0.00000102. The molecule has 2 heterocycles. The molecule has 1 aliphatic carbocycles. The van der Waals surface area contributed by atoms with Gasteiger partial charge in [0.25, 0.3) is 0 Å². The van der Waals surface area contributed by atoms with Gasteiger partial charge in [-0.3, -0.25) is 14.8 Å². The minimum Gasteiger partial charge on any atom is -0.497 e. The van der Waals surface area contributed by atoms with Gasteiger partial charge in [-0.2, -0.15) is 0 Å². The van der Waals surface area contributed by atoms with Crippen molar-refractivity contribution in [2.75, 3.05) is 7.11 Å². The predicted molar refractivity (Wildman–Crippen MR) is 108 cm³/mol. The highest BCUT2D eigenvalue weighted by Crippen LogP contribution is 2.45. The highest BCUT2D eigenvalue weighted by molar-refractivity contribution is 5.89. The first-order chi connectivity index (χ1) is 13.2. The van der Waals surface area contributed by atoms with Crippen molar-refractivity contribution in [1.82, 2.24) is 9.97 Å². The van der Waals surface area contributed by atoms with Crippen LogP contribution < -0.4 is 4.74 Å². The number of benzene rings is 1. The molecule has 0 bridgehead atoms. The monoisotopic (exact) mass is 362 g/mol. The van der Waals surface area contributed by atoms with Crippen molar-refractivity contribution < 1.29 is 9.53 Å². The Morgan fingerprint density at radius 2 is 1.96 bits per heavy atom. The number of fused-ring (bicyclic) bond motifs is 1. The molecule has 0 spiro atoms. The maximum absolute atomic E-state index is 12.5. The molecule has 0 N–H and O–H groups in total. The van der Waals surface area contributed by atoms with Crippen LogP contribution in [-0.4, -0.2) is 22.9 Å². The van der Waals surface area contributed by atoms with E-state index >= 15 is 0 Å². The SMILES string of the molecule is CC.COc1ccc2c(C3CC3)c(CC(=O)Cc3cccnc3)cnc2c1. The number of aromatic nitrogens is 2. The zero-order chi connectivity index (χ0) is 19.2. The molecule has 4 heteroatoms. The first-order valence-electron chi connectivity index (χ1n) is 9.60. The lowest BCUT2D eigenvalue weighted by Gasteiger charge is -2.12. The highest BCUT2D eigenvalue weighted by atomic mass is 16.5. The van der Waals surface area contributed by atoms with E-state index in [1.54, 1.807) is 19.5 Å². The molecule has 1 aliphatic rings. The van der Waals surface area contributed by atoms with Crippen molar-refractivity contribution in [2.45, 2.75) is 45.4 Å². The van der Waals surface area contributed by atoms with E-state index in [1.807, 2.05) is 44.3 Å². The number of ether oxygens (including phenoxy) is 1. The highest BCUT2D eigenvalue weighted by Gasteiger charge is 2.29. The van der Waals surface area contributed by atoms with Crippen molar-refractivity contribution in [1.29, 1.82) is 0 Å². The molecule has 140 valence electrons. The van der Waals surface area contributed by atoms with Gasteiger partial charge in [-0.05, 0) is 53.6 Å². The third-order valence-corrected chi connectivity index (χ3v) is 4.70. The van der Waals surface area contributed by atoms with Gasteiger partial charge >= 0.3 is 0 Å². The van der Waals surface area contributed by atoms with Crippen LogP contribution in [0.1, 0.15) is 49.3 Å². The van der Waals surface area contributed by atoms with Gasteiger partial charge in [-0.15, -0.1) is 0 Å². The van der Waals surface area contributed by atoms with E-state index in [0.717, 1.165) is 27.8 Å². The van der Waals surface area contributed by atoms with Crippen molar-refractivity contribution in [3.05, 3.63) is 65.6 Å². The molecule has 1 saturated carbocycles. The smallest absolute Gasteiger partial charge is 0.141 e. The molecule has 0 amide bonds. The van der Waals surface area contributed by atoms with Crippen LogP contribution in [0.2, 0.25) is 0 Å². The van der Waals surface area contributed by atoms with Gasteiger partial charge < -0.3 is 4.74 Å². The number of carbonyl (C=O) groups is 1. The number of hydrogen-bond donors (Lipinski definition) is 0. The summed E-state index contributed by atoms with van der Waals surface area (Å²) in [6, 6.07) is 9.81. The molecule has 4 nitrogen and oxygen atoms in total. The summed E-state index contributed by atoms with van der Waals surface area (Å²) in [7, 11) is 1.66. The van der Waals surface area contributed by atoms with E-state index in [2.05, 4.69) is 16.0 Å². The molecule has 0 unspecified atom stereocenters. The second-order valence-corrected chi connectivity index (χ2v) is 6.61. The van der Waals surface area contributed by atoms with Crippen LogP contribution in [0, 0.1) is 0 Å². The first kappa shape index (κ1) is 19.0. The van der Waals surface area contributed by atoms with Gasteiger partial charge in [0.05, 0.1) is 12.6 Å². The topological polar surface area (TPSA) is 52.1 Å². The van der Waals surface area contributed by atoms with Crippen LogP contribution in [0.5, 0.6) is 5.75 Å². The van der Waals surface area contributed by atoms with Gasteiger partial charge in [0.2, 0.25) is 0 Å². The van der Waals surface area contributed by atoms with E-state index < -0.39 is 0 Å². The second kappa shape index (κ2) is 8.76. The van der Waals surface area contributed by atoms with E-state index in [1.165, 1.54) is 18.4 Å². The third-order valence-electron chi connectivity index (χ3n) is 4.70. The third kappa shape index (κ3) is 4.51. The standard InChI is InChI=1S/C21H20N2O2.C2H6/c1-25-18-6-7-19-20(11-18)23-13-16(21(19)15-4-5-15)10-17(24)9-14-3-2-8-22-12-14;1-2/h2-3,6-8,11-13,15H,4-5,9-10H2,1H3;1-2H3. The Morgan fingerprint density at radius 3 is 2.63 bits per heavy atom. The van der Waals surface area contributed by atoms with Crippen LogP contribution in [0.3, 0.4) is 0 Å². The number of ketones is 1. The number of methoxy groups -OCH3 is 1. The summed E-state index contributed by atoms with van der Waals surface area (Å²) < 4.78 is 5.30. The zero-order valence-electron chi connectivity index (χ0n) is 16.2. The maximum atomic E-state index is 12.5. The summed E-state index contributed by atoms with van der Waals surface area (Å²) in [5.74, 6) is 1.56. The molecule has 3 aromatic rings. The molecule has 0 aliphatic heterocycles. The average Bonchev–Trinajstić information content (AvgIpc) is 3.54. The quantitative estimate of drug-likeness (QED) is 0.626. The Hall–Kier alpha value is -2.75. The lowest BCUT2D eigenvalue weighted by atomic mass is 9.95. The number of nitrogens with zero attached hydrogens (tertiary/aromatic N) is 2. The van der Waals surface area contributed by atoms with E-state index in [0.29, 0.717) is 18.8 Å². The molecule has 0 atom stereocenters. The Labute approximate surface area is 160 Å². The summed E-state index contributed by atoms with van der Waals surface area (Å²) in [5.41, 5.74) is 4.25. The molecular formula is C23H26N2O2. The number of hydrogen-bond acceptors (Lipinski definition) is 4. The fourth-order valence-electron chi connectivity index (χ4n) is 3.36. The van der Waals surface area contributed by atoms with Gasteiger partial charge in [-0.1, -0.05) is 19.9 Å². The summed E-state index contributed by atoms with van der Waals surface area (Å²) in [6.07, 6.45) is 8.57. The number of Topliss-reactive ketones (excluding diaryl/α,β-unsaturated/α-hetero) is 1. The second-order valence-electron chi connectivity index (χ2n) is 6.61. The van der Waals surface area contributed by atoms with Crippen LogP contribution in [-0.2, 0) is 17.6 Å². The summed E-state index contributed by atoms with van der Waals surface area (Å²) >= 11 is 0. The van der Waals surface area contributed by atoms with E-state index in [4.69, 9.17) is 4.74 Å². The summed E-state index contributed by atoms with van der Waals surface area (Å²) in [4.78, 5) is 21.2. The maximum Gasteiger partial charge on any atom is 0.141 e. The van der Waals surface area contributed by atoms with Crippen LogP contribution >= 0.6 is 0 Å². The Kier molecular flexibility index (Phi) is 6.17. The van der Waals surface area contributed by atoms with E-state index in [9.17, 15) is 4.79 Å². The number of pyridine rings is 2. The summed E-state index contributed by atoms with van der Waals surface area (Å²) in [5, 5.41) is 1.15. The average molecular weight is 362 g/mol. The van der Waals surface area contributed by atoms with Crippen LogP contribution in [0.4, 0.5) is 0 Å². The van der Waals surface area contributed by atoms with Gasteiger partial charge in [0.1, 0.15) is 11.5 Å². The largest absolute Gasteiger partial charge is 0.497 e. The molecule has 2 aromatic heterocycles. The van der Waals surface area contributed by atoms with Gasteiger partial charge in [0.15, 0.2) is 0 Å². The van der Waals surface area contributed by atoms with Crippen molar-refractivity contribution in [3.63, 3.8) is 0 Å². The number of carbonyl (C=O) groups excluding carboxylic acids is 1. The lowest BCUT2D eigenvalue weighted by molar-refractivity contribution is -0.117. The Morgan fingerprint density at radius 1 is 1.15 bits per heavy atom. The molecule has 0 radical (unpaired) electrons. The van der Waals surface area contributed by atoms with Crippen molar-refractivity contribution in [3.8, 4) is 5.75 Å². The van der Waals surface area contributed by atoms with Gasteiger partial charge in [-0.25, -0.2) is 0 Å². The predicted octanol–water partition coefficient (Wildman–Crippen LogP) is 4.90. The van der Waals surface area contributed by atoms with Crippen molar-refractivity contribution in [2.24, 2.45) is 0 Å². The molecule has 1 aromatic carbocycles. The molecule has 4 rings (SSSR count). The molecule has 0 saturated heterocycles. The fourth-order valence-corrected chi connectivity index (χ4v) is 3.36. The fraction of sp³-hybridized carbons (Fsp3) is 0.348. The zero-order valence-corrected chi connectivity index (χ0v) is 16.2. The van der Waals surface area contributed by atoms with Crippen molar-refractivity contribution >= 4 is 16.7 Å². The molecule has 27 heavy (non-hydrogen) atoms. The van der Waals surface area contributed by atoms with Crippen LogP contribution in [0.25, 0.3) is 10.9 Å². The lowest BCUT2D eigenvalue weighted by Crippen LogP contribution is -2.09. The Bertz CT molecular complexity index is 918. The molecule has 1 fully saturated rings. The normalized spacial score (nSPS) is 13.0. The van der Waals surface area contributed by atoms with E-state index in [-0.39, 0.29) is 5.78 Å². The minimum atomic E-state index is 0.199. The van der Waals surface area contributed by atoms with Crippen LogP contribution in [0.15, 0.2) is 48.9 Å². The summed E-state index contributed by atoms with van der Waals surface area (Å²) in [6.45, 7) is 4.00. The minimum absolute atomic E-state index is 0.199. The van der Waals surface area contributed by atoms with Gasteiger partial charge in [0, 0.05) is 42.9 Å². The first-order valence-corrected chi connectivity index (χ1v) is 9.60. The molecular weight excluding hydrogens is 336 g/mol. The number of rotatable bonds is 6.